The fourth-order valence-electron chi connectivity index (χ4n) is 2.85. The van der Waals surface area contributed by atoms with Crippen LogP contribution < -0.4 is 10.2 Å². The monoisotopic (exact) mass is 347 g/mol. The standard InChI is InChI=1S/C19H29N3O3/c1-19(2,3)25-18(24)21-11-5-4-10-16(23)15-9-8-12-20-17(15)22-13-6-7-14-22/h8-9,12H,4-7,10-11,13-14H2,1-3H3,(H,21,24). The average Bonchev–Trinajstić information content (AvgIpc) is 3.07. The third-order valence-electron chi connectivity index (χ3n) is 3.99. The zero-order valence-electron chi connectivity index (χ0n) is 15.5. The molecule has 0 aromatic carbocycles. The molecular formula is C19H29N3O3. The van der Waals surface area contributed by atoms with Gasteiger partial charge in [-0.3, -0.25) is 4.79 Å². The molecule has 1 aromatic heterocycles. The van der Waals surface area contributed by atoms with Crippen LogP contribution in [-0.4, -0.2) is 42.1 Å². The summed E-state index contributed by atoms with van der Waals surface area (Å²) >= 11 is 0. The number of alkyl carbamates (subject to hydrolysis) is 1. The number of unbranched alkanes of at least 4 members (excludes halogenated alkanes) is 1. The quantitative estimate of drug-likeness (QED) is 0.603. The third-order valence-corrected chi connectivity index (χ3v) is 3.99. The SMILES string of the molecule is CC(C)(C)OC(=O)NCCCCC(=O)c1cccnc1N1CCCC1. The Labute approximate surface area is 150 Å². The van der Waals surface area contributed by atoms with Crippen molar-refractivity contribution in [3.8, 4) is 0 Å². The Hall–Kier alpha value is -2.11. The molecule has 138 valence electrons. The smallest absolute Gasteiger partial charge is 0.407 e. The van der Waals surface area contributed by atoms with Crippen molar-refractivity contribution < 1.29 is 14.3 Å². The lowest BCUT2D eigenvalue weighted by Gasteiger charge is -2.20. The summed E-state index contributed by atoms with van der Waals surface area (Å²) in [6.07, 6.45) is 5.56. The highest BCUT2D eigenvalue weighted by Gasteiger charge is 2.20. The van der Waals surface area contributed by atoms with E-state index in [0.717, 1.165) is 44.6 Å². The number of carbonyl (C=O) groups is 2. The van der Waals surface area contributed by atoms with Crippen LogP contribution in [0, 0.1) is 0 Å². The molecule has 1 aromatic rings. The van der Waals surface area contributed by atoms with Crippen LogP contribution in [-0.2, 0) is 4.74 Å². The summed E-state index contributed by atoms with van der Waals surface area (Å²) in [7, 11) is 0. The largest absolute Gasteiger partial charge is 0.444 e. The maximum Gasteiger partial charge on any atom is 0.407 e. The number of nitrogens with zero attached hydrogens (tertiary/aromatic N) is 2. The molecule has 6 heteroatoms. The van der Waals surface area contributed by atoms with Crippen LogP contribution in [0.5, 0.6) is 0 Å². The molecule has 0 atom stereocenters. The van der Waals surface area contributed by atoms with Gasteiger partial charge in [0.25, 0.3) is 0 Å². The molecule has 0 radical (unpaired) electrons. The maximum absolute atomic E-state index is 12.5. The van der Waals surface area contributed by atoms with E-state index in [2.05, 4.69) is 15.2 Å². The molecule has 0 aliphatic carbocycles. The molecule has 1 aliphatic heterocycles. The molecule has 25 heavy (non-hydrogen) atoms. The zero-order valence-corrected chi connectivity index (χ0v) is 15.5. The van der Waals surface area contributed by atoms with Gasteiger partial charge in [-0.25, -0.2) is 9.78 Å². The number of amides is 1. The Bertz CT molecular complexity index is 590. The minimum absolute atomic E-state index is 0.118. The van der Waals surface area contributed by atoms with E-state index in [0.29, 0.717) is 18.5 Å². The summed E-state index contributed by atoms with van der Waals surface area (Å²) in [4.78, 5) is 30.7. The Morgan fingerprint density at radius 1 is 1.24 bits per heavy atom. The maximum atomic E-state index is 12.5. The Morgan fingerprint density at radius 3 is 2.64 bits per heavy atom. The van der Waals surface area contributed by atoms with Gasteiger partial charge in [-0.15, -0.1) is 0 Å². The number of pyridine rings is 1. The zero-order chi connectivity index (χ0) is 18.3. The number of hydrogen-bond donors (Lipinski definition) is 1. The predicted molar refractivity (Wildman–Crippen MR) is 98.1 cm³/mol. The minimum atomic E-state index is -0.494. The van der Waals surface area contributed by atoms with Crippen molar-refractivity contribution in [3.63, 3.8) is 0 Å². The van der Waals surface area contributed by atoms with Gasteiger partial charge in [0.05, 0.1) is 5.56 Å². The van der Waals surface area contributed by atoms with Crippen molar-refractivity contribution in [3.05, 3.63) is 23.9 Å². The lowest BCUT2D eigenvalue weighted by molar-refractivity contribution is 0.0527. The molecule has 1 N–H and O–H groups in total. The molecule has 0 bridgehead atoms. The molecule has 0 saturated carbocycles. The van der Waals surface area contributed by atoms with Gasteiger partial charge in [-0.05, 0) is 58.6 Å². The van der Waals surface area contributed by atoms with Crippen molar-refractivity contribution in [2.45, 2.75) is 58.5 Å². The van der Waals surface area contributed by atoms with Gasteiger partial charge in [0, 0.05) is 32.3 Å². The normalized spacial score (nSPS) is 14.4. The minimum Gasteiger partial charge on any atom is -0.444 e. The first-order valence-corrected chi connectivity index (χ1v) is 9.07. The molecule has 0 unspecified atom stereocenters. The number of Topliss-reactive ketones (excluding diaryl/α,β-unsaturated/α-hetero) is 1. The van der Waals surface area contributed by atoms with Crippen molar-refractivity contribution in [1.82, 2.24) is 10.3 Å². The van der Waals surface area contributed by atoms with Crippen LogP contribution in [0.1, 0.15) is 63.2 Å². The second-order valence-corrected chi connectivity index (χ2v) is 7.38. The molecule has 1 aliphatic rings. The van der Waals surface area contributed by atoms with Gasteiger partial charge >= 0.3 is 6.09 Å². The van der Waals surface area contributed by atoms with Gasteiger partial charge in [-0.1, -0.05) is 0 Å². The van der Waals surface area contributed by atoms with E-state index >= 15 is 0 Å². The van der Waals surface area contributed by atoms with E-state index in [4.69, 9.17) is 4.74 Å². The first-order chi connectivity index (χ1) is 11.9. The fourth-order valence-corrected chi connectivity index (χ4v) is 2.85. The number of aromatic nitrogens is 1. The molecular weight excluding hydrogens is 318 g/mol. The number of nitrogens with one attached hydrogen (secondary N) is 1. The van der Waals surface area contributed by atoms with Crippen molar-refractivity contribution in [2.24, 2.45) is 0 Å². The first kappa shape index (κ1) is 19.2. The molecule has 1 amide bonds. The second kappa shape index (κ2) is 8.83. The van der Waals surface area contributed by atoms with Crippen LogP contribution in [0.2, 0.25) is 0 Å². The predicted octanol–water partition coefficient (Wildman–Crippen LogP) is 3.56. The highest BCUT2D eigenvalue weighted by molar-refractivity contribution is 6.00. The van der Waals surface area contributed by atoms with Crippen LogP contribution >= 0.6 is 0 Å². The van der Waals surface area contributed by atoms with Crippen molar-refractivity contribution in [1.29, 1.82) is 0 Å². The van der Waals surface area contributed by atoms with Crippen LogP contribution in [0.3, 0.4) is 0 Å². The Kier molecular flexibility index (Phi) is 6.79. The van der Waals surface area contributed by atoms with E-state index < -0.39 is 11.7 Å². The van der Waals surface area contributed by atoms with Gasteiger partial charge in [0.15, 0.2) is 5.78 Å². The molecule has 0 spiro atoms. The molecule has 2 heterocycles. The van der Waals surface area contributed by atoms with Crippen molar-refractivity contribution >= 4 is 17.7 Å². The summed E-state index contributed by atoms with van der Waals surface area (Å²) in [5, 5.41) is 2.72. The van der Waals surface area contributed by atoms with E-state index in [1.54, 1.807) is 6.20 Å². The summed E-state index contributed by atoms with van der Waals surface area (Å²) in [6, 6.07) is 3.68. The van der Waals surface area contributed by atoms with Crippen molar-refractivity contribution in [2.75, 3.05) is 24.5 Å². The molecule has 6 nitrogen and oxygen atoms in total. The van der Waals surface area contributed by atoms with Gasteiger partial charge in [0.1, 0.15) is 11.4 Å². The van der Waals surface area contributed by atoms with E-state index in [-0.39, 0.29) is 5.78 Å². The molecule has 1 saturated heterocycles. The van der Waals surface area contributed by atoms with E-state index in [1.807, 2.05) is 32.9 Å². The Balaban J connectivity index is 1.75. The highest BCUT2D eigenvalue weighted by atomic mass is 16.6. The topological polar surface area (TPSA) is 71.5 Å². The van der Waals surface area contributed by atoms with Crippen LogP contribution in [0.25, 0.3) is 0 Å². The van der Waals surface area contributed by atoms with E-state index in [1.165, 1.54) is 0 Å². The molecule has 2 rings (SSSR count). The van der Waals surface area contributed by atoms with Crippen LogP contribution in [0.15, 0.2) is 18.3 Å². The summed E-state index contributed by atoms with van der Waals surface area (Å²) in [5.41, 5.74) is 0.219. The van der Waals surface area contributed by atoms with Gasteiger partial charge in [0.2, 0.25) is 0 Å². The number of anilines is 1. The second-order valence-electron chi connectivity index (χ2n) is 7.38. The number of ether oxygens (including phenoxy) is 1. The Morgan fingerprint density at radius 2 is 1.96 bits per heavy atom. The number of carbonyl (C=O) groups excluding carboxylic acids is 2. The highest BCUT2D eigenvalue weighted by Crippen LogP contribution is 2.23. The lowest BCUT2D eigenvalue weighted by atomic mass is 10.1. The third kappa shape index (κ3) is 6.36. The summed E-state index contributed by atoms with van der Waals surface area (Å²) in [6.45, 7) is 7.94. The van der Waals surface area contributed by atoms with E-state index in [9.17, 15) is 9.59 Å². The fraction of sp³-hybridized carbons (Fsp3) is 0.632. The number of rotatable bonds is 7. The van der Waals surface area contributed by atoms with Crippen LogP contribution in [0.4, 0.5) is 10.6 Å². The summed E-state index contributed by atoms with van der Waals surface area (Å²) in [5.74, 6) is 0.934. The lowest BCUT2D eigenvalue weighted by Crippen LogP contribution is -2.33. The van der Waals surface area contributed by atoms with Gasteiger partial charge < -0.3 is 15.0 Å². The number of hydrogen-bond acceptors (Lipinski definition) is 5. The van der Waals surface area contributed by atoms with Gasteiger partial charge in [-0.2, -0.15) is 0 Å². The average molecular weight is 347 g/mol. The molecule has 1 fully saturated rings. The summed E-state index contributed by atoms with van der Waals surface area (Å²) < 4.78 is 5.18. The first-order valence-electron chi connectivity index (χ1n) is 9.07. The number of ketones is 1.